The number of aryl methyl sites for hydroxylation is 1. The Balaban J connectivity index is 1.94. The van der Waals surface area contributed by atoms with E-state index in [1.165, 1.54) is 9.75 Å². The number of nitrogens with zero attached hydrogens (tertiary/aromatic N) is 1. The highest BCUT2D eigenvalue weighted by atomic mass is 35.5. The normalized spacial score (nSPS) is 12.3. The molecule has 0 aliphatic rings. The third-order valence-electron chi connectivity index (χ3n) is 2.89. The topological polar surface area (TPSA) is 24.9 Å². The van der Waals surface area contributed by atoms with Crippen LogP contribution < -0.4 is 5.32 Å². The van der Waals surface area contributed by atoms with E-state index in [0.29, 0.717) is 0 Å². The van der Waals surface area contributed by atoms with Gasteiger partial charge >= 0.3 is 0 Å². The smallest absolute Gasteiger partial charge is 0.0954 e. The Morgan fingerprint density at radius 2 is 2.10 bits per heavy atom. The van der Waals surface area contributed by atoms with Crippen LogP contribution in [0.2, 0.25) is 4.34 Å². The number of aromatic nitrogens is 1. The lowest BCUT2D eigenvalue weighted by Gasteiger charge is -2.17. The van der Waals surface area contributed by atoms with Gasteiger partial charge in [-0.2, -0.15) is 0 Å². The zero-order valence-corrected chi connectivity index (χ0v) is 13.2. The van der Waals surface area contributed by atoms with Crippen molar-refractivity contribution >= 4 is 40.0 Å². The molecule has 0 radical (unpaired) electrons. The largest absolute Gasteiger partial charge is 0.371 e. The minimum absolute atomic E-state index is 0.121. The number of anilines is 1. The lowest BCUT2D eigenvalue weighted by atomic mass is 10.2. The fourth-order valence-electron chi connectivity index (χ4n) is 2.02. The molecule has 0 saturated heterocycles. The van der Waals surface area contributed by atoms with Crippen LogP contribution in [0.5, 0.6) is 0 Å². The summed E-state index contributed by atoms with van der Waals surface area (Å²) in [6.45, 7) is 2.04. The molecule has 0 aliphatic heterocycles. The van der Waals surface area contributed by atoms with Gasteiger partial charge in [0.1, 0.15) is 0 Å². The van der Waals surface area contributed by atoms with Gasteiger partial charge in [0.15, 0.2) is 0 Å². The molecule has 0 amide bonds. The van der Waals surface area contributed by atoms with E-state index in [9.17, 15) is 0 Å². The van der Waals surface area contributed by atoms with Crippen molar-refractivity contribution in [2.75, 3.05) is 5.32 Å². The van der Waals surface area contributed by atoms with Gasteiger partial charge in [-0.15, -0.1) is 22.7 Å². The second-order valence-corrected chi connectivity index (χ2v) is 7.21. The van der Waals surface area contributed by atoms with Gasteiger partial charge in [-0.05, 0) is 42.1 Å². The highest BCUT2D eigenvalue weighted by molar-refractivity contribution is 7.16. The van der Waals surface area contributed by atoms with Crippen LogP contribution >= 0.6 is 34.3 Å². The van der Waals surface area contributed by atoms with Crippen molar-refractivity contribution in [3.63, 3.8) is 0 Å². The number of hydrogen-bond donors (Lipinski definition) is 1. The number of pyridine rings is 1. The van der Waals surface area contributed by atoms with Gasteiger partial charge in [0.05, 0.1) is 16.1 Å². The molecule has 1 unspecified atom stereocenters. The molecule has 3 aromatic heterocycles. The van der Waals surface area contributed by atoms with Crippen LogP contribution in [0.1, 0.15) is 21.4 Å². The highest BCUT2D eigenvalue weighted by Gasteiger charge is 2.17. The summed E-state index contributed by atoms with van der Waals surface area (Å²) in [6, 6.07) is 10.4. The molecule has 0 aliphatic carbocycles. The first kappa shape index (κ1) is 13.6. The molecule has 1 N–H and O–H groups in total. The summed E-state index contributed by atoms with van der Waals surface area (Å²) >= 11 is 9.42. The molecular formula is C15H13ClN2S2. The number of halogens is 1. The first-order chi connectivity index (χ1) is 9.72. The average molecular weight is 321 g/mol. The number of thiophene rings is 2. The first-order valence-corrected chi connectivity index (χ1v) is 8.26. The summed E-state index contributed by atoms with van der Waals surface area (Å²) in [6.07, 6.45) is 3.70. The van der Waals surface area contributed by atoms with Crippen molar-refractivity contribution in [1.29, 1.82) is 0 Å². The van der Waals surface area contributed by atoms with Gasteiger partial charge in [0.25, 0.3) is 0 Å². The summed E-state index contributed by atoms with van der Waals surface area (Å²) in [5.74, 6) is 0. The van der Waals surface area contributed by atoms with E-state index in [2.05, 4.69) is 39.9 Å². The summed E-state index contributed by atoms with van der Waals surface area (Å²) in [5, 5.41) is 5.64. The SMILES string of the molecule is Cc1cncc(NC(c2cccs2)c2ccc(Cl)s2)c1. The Bertz CT molecular complexity index is 691. The summed E-state index contributed by atoms with van der Waals surface area (Å²) in [7, 11) is 0. The van der Waals surface area contributed by atoms with E-state index in [1.54, 1.807) is 22.7 Å². The van der Waals surface area contributed by atoms with Crippen LogP contribution in [0.25, 0.3) is 0 Å². The molecule has 102 valence electrons. The Kier molecular flexibility index (Phi) is 4.05. The Morgan fingerprint density at radius 1 is 1.20 bits per heavy atom. The van der Waals surface area contributed by atoms with Crippen LogP contribution in [-0.4, -0.2) is 4.98 Å². The highest BCUT2D eigenvalue weighted by Crippen LogP contribution is 2.35. The first-order valence-electron chi connectivity index (χ1n) is 6.19. The maximum Gasteiger partial charge on any atom is 0.0954 e. The maximum absolute atomic E-state index is 6.08. The quantitative estimate of drug-likeness (QED) is 0.699. The van der Waals surface area contributed by atoms with Crippen molar-refractivity contribution in [3.8, 4) is 0 Å². The fraction of sp³-hybridized carbons (Fsp3) is 0.133. The third kappa shape index (κ3) is 3.03. The van der Waals surface area contributed by atoms with Gasteiger partial charge in [0.2, 0.25) is 0 Å². The van der Waals surface area contributed by atoms with E-state index in [0.717, 1.165) is 15.6 Å². The monoisotopic (exact) mass is 320 g/mol. The molecule has 5 heteroatoms. The summed E-state index contributed by atoms with van der Waals surface area (Å²) in [5.41, 5.74) is 2.16. The zero-order chi connectivity index (χ0) is 13.9. The Hall–Kier alpha value is -1.36. The van der Waals surface area contributed by atoms with Crippen molar-refractivity contribution < 1.29 is 0 Å². The number of rotatable bonds is 4. The summed E-state index contributed by atoms with van der Waals surface area (Å²) < 4.78 is 0.811. The van der Waals surface area contributed by atoms with Crippen molar-refractivity contribution in [1.82, 2.24) is 4.98 Å². The zero-order valence-electron chi connectivity index (χ0n) is 10.8. The van der Waals surface area contributed by atoms with Gasteiger partial charge < -0.3 is 5.32 Å². The molecule has 0 aromatic carbocycles. The van der Waals surface area contributed by atoms with E-state index < -0.39 is 0 Å². The van der Waals surface area contributed by atoms with Crippen LogP contribution in [0.3, 0.4) is 0 Å². The van der Waals surface area contributed by atoms with Crippen LogP contribution in [-0.2, 0) is 0 Å². The van der Waals surface area contributed by atoms with E-state index in [-0.39, 0.29) is 6.04 Å². The average Bonchev–Trinajstić information content (AvgIpc) is 3.07. The molecule has 0 saturated carbocycles. The minimum Gasteiger partial charge on any atom is -0.371 e. The third-order valence-corrected chi connectivity index (χ3v) is 5.13. The number of nitrogens with one attached hydrogen (secondary N) is 1. The van der Waals surface area contributed by atoms with Crippen LogP contribution in [0.15, 0.2) is 48.1 Å². The van der Waals surface area contributed by atoms with Crippen LogP contribution in [0, 0.1) is 6.92 Å². The predicted octanol–water partition coefficient (Wildman–Crippen LogP) is 5.37. The molecule has 20 heavy (non-hydrogen) atoms. The van der Waals surface area contributed by atoms with Crippen molar-refractivity contribution in [2.45, 2.75) is 13.0 Å². The molecule has 3 heterocycles. The van der Waals surface area contributed by atoms with Crippen molar-refractivity contribution in [3.05, 3.63) is 67.8 Å². The molecule has 2 nitrogen and oxygen atoms in total. The fourth-order valence-corrected chi connectivity index (χ4v) is 4.02. The van der Waals surface area contributed by atoms with E-state index in [1.807, 2.05) is 25.4 Å². The molecule has 0 fully saturated rings. The minimum atomic E-state index is 0.121. The molecule has 0 spiro atoms. The maximum atomic E-state index is 6.08. The summed E-state index contributed by atoms with van der Waals surface area (Å²) in [4.78, 5) is 6.71. The molecule has 1 atom stereocenters. The predicted molar refractivity (Wildman–Crippen MR) is 88.1 cm³/mol. The molecule has 3 rings (SSSR count). The Morgan fingerprint density at radius 3 is 2.75 bits per heavy atom. The lowest BCUT2D eigenvalue weighted by Crippen LogP contribution is -2.09. The molecular weight excluding hydrogens is 308 g/mol. The molecule has 3 aromatic rings. The van der Waals surface area contributed by atoms with Gasteiger partial charge in [-0.3, -0.25) is 4.98 Å². The van der Waals surface area contributed by atoms with Gasteiger partial charge in [0, 0.05) is 22.1 Å². The molecule has 0 bridgehead atoms. The van der Waals surface area contributed by atoms with E-state index >= 15 is 0 Å². The van der Waals surface area contributed by atoms with Crippen LogP contribution in [0.4, 0.5) is 5.69 Å². The lowest BCUT2D eigenvalue weighted by molar-refractivity contribution is 0.987. The number of hydrogen-bond acceptors (Lipinski definition) is 4. The van der Waals surface area contributed by atoms with Gasteiger partial charge in [-0.25, -0.2) is 0 Å². The van der Waals surface area contributed by atoms with Gasteiger partial charge in [-0.1, -0.05) is 17.7 Å². The van der Waals surface area contributed by atoms with E-state index in [4.69, 9.17) is 11.6 Å². The van der Waals surface area contributed by atoms with Crippen molar-refractivity contribution in [2.24, 2.45) is 0 Å². The Labute approximate surface area is 131 Å². The second-order valence-electron chi connectivity index (χ2n) is 4.49. The standard InChI is InChI=1S/C15H13ClN2S2/c1-10-7-11(9-17-8-10)18-15(12-3-2-6-19-12)13-4-5-14(16)20-13/h2-9,15,18H,1H3. The second kappa shape index (κ2) is 5.95.